The second kappa shape index (κ2) is 8.86. The van der Waals surface area contributed by atoms with Crippen LogP contribution in [0.4, 0.5) is 0 Å². The monoisotopic (exact) mass is 411 g/mol. The van der Waals surface area contributed by atoms with E-state index in [0.29, 0.717) is 17.1 Å². The molecule has 29 heavy (non-hydrogen) atoms. The van der Waals surface area contributed by atoms with Gasteiger partial charge in [0.05, 0.1) is 43.1 Å². The molecule has 4 rings (SSSR count). The number of carbonyl (C=O) groups excluding carboxylic acids is 1. The third-order valence-electron chi connectivity index (χ3n) is 5.35. The lowest BCUT2D eigenvalue weighted by Crippen LogP contribution is -3.14. The minimum absolute atomic E-state index is 0.0953. The predicted molar refractivity (Wildman–Crippen MR) is 113 cm³/mol. The van der Waals surface area contributed by atoms with Crippen LogP contribution < -0.4 is 10.2 Å². The molecule has 0 unspecified atom stereocenters. The number of ether oxygens (including phenoxy) is 1. The first-order chi connectivity index (χ1) is 14.1. The van der Waals surface area contributed by atoms with Crippen molar-refractivity contribution >= 4 is 28.4 Å². The number of amides is 1. The van der Waals surface area contributed by atoms with E-state index < -0.39 is 0 Å². The summed E-state index contributed by atoms with van der Waals surface area (Å²) in [6.45, 7) is 6.98. The van der Waals surface area contributed by atoms with Gasteiger partial charge in [-0.1, -0.05) is 17.7 Å². The maximum atomic E-state index is 13.1. The van der Waals surface area contributed by atoms with Gasteiger partial charge in [-0.15, -0.1) is 0 Å². The number of aromatic nitrogens is 2. The van der Waals surface area contributed by atoms with Crippen molar-refractivity contribution in [3.05, 3.63) is 58.9 Å². The molecule has 2 N–H and O–H groups in total. The van der Waals surface area contributed by atoms with E-state index in [0.717, 1.165) is 60.6 Å². The van der Waals surface area contributed by atoms with Crippen molar-refractivity contribution < 1.29 is 14.4 Å². The van der Waals surface area contributed by atoms with Crippen LogP contribution in [0.1, 0.15) is 15.9 Å². The third-order valence-corrected chi connectivity index (χ3v) is 5.76. The molecule has 1 amide bonds. The van der Waals surface area contributed by atoms with Gasteiger partial charge in [0.25, 0.3) is 5.91 Å². The van der Waals surface area contributed by atoms with Crippen LogP contribution in [0.2, 0.25) is 5.02 Å². The first-order valence-electron chi connectivity index (χ1n) is 9.83. The first-order valence-corrected chi connectivity index (χ1v) is 10.2. The number of hydrogen-bond donors (Lipinski definition) is 2. The average molecular weight is 412 g/mol. The van der Waals surface area contributed by atoms with E-state index in [1.54, 1.807) is 12.4 Å². The van der Waals surface area contributed by atoms with Crippen molar-refractivity contribution in [2.24, 2.45) is 0 Å². The van der Waals surface area contributed by atoms with Gasteiger partial charge in [-0.2, -0.15) is 0 Å². The van der Waals surface area contributed by atoms with Crippen molar-refractivity contribution in [3.63, 3.8) is 0 Å². The summed E-state index contributed by atoms with van der Waals surface area (Å²) in [6.07, 6.45) is 3.44. The van der Waals surface area contributed by atoms with Crippen LogP contribution >= 0.6 is 11.6 Å². The van der Waals surface area contributed by atoms with Gasteiger partial charge in [0.1, 0.15) is 13.1 Å². The zero-order valence-electron chi connectivity index (χ0n) is 16.4. The topological polar surface area (TPSA) is 68.5 Å². The number of carbonyl (C=O) groups is 1. The Labute approximate surface area is 174 Å². The summed E-state index contributed by atoms with van der Waals surface area (Å²) < 4.78 is 5.39. The molecule has 0 bridgehead atoms. The SMILES string of the molecule is Cc1c(Cl)ccc2c(C(=O)NCC[NH+]3CCOCC3)cc(-c3ccncc3)nc12. The number of nitrogens with one attached hydrogen (secondary N) is 2. The highest BCUT2D eigenvalue weighted by Crippen LogP contribution is 2.30. The maximum Gasteiger partial charge on any atom is 0.252 e. The number of benzene rings is 1. The van der Waals surface area contributed by atoms with E-state index >= 15 is 0 Å². The summed E-state index contributed by atoms with van der Waals surface area (Å²) in [6, 6.07) is 9.31. The highest BCUT2D eigenvalue weighted by molar-refractivity contribution is 6.32. The molecule has 7 heteroatoms. The second-order valence-electron chi connectivity index (χ2n) is 7.23. The average Bonchev–Trinajstić information content (AvgIpc) is 2.77. The lowest BCUT2D eigenvalue weighted by molar-refractivity contribution is -0.906. The van der Waals surface area contributed by atoms with Crippen molar-refractivity contribution in [2.75, 3.05) is 39.4 Å². The molecule has 1 aromatic carbocycles. The molecule has 0 aliphatic carbocycles. The number of rotatable bonds is 5. The molecule has 0 spiro atoms. The number of hydrogen-bond acceptors (Lipinski definition) is 4. The van der Waals surface area contributed by atoms with Crippen molar-refractivity contribution in [1.82, 2.24) is 15.3 Å². The van der Waals surface area contributed by atoms with Crippen LogP contribution in [-0.4, -0.2) is 55.3 Å². The standard InChI is InChI=1S/C22H23ClN4O2/c1-15-19(23)3-2-17-18(22(28)25-8-9-27-10-12-29-13-11-27)14-20(26-21(15)17)16-4-6-24-7-5-16/h2-7,14H,8-13H2,1H3,(H,25,28)/p+1. The predicted octanol–water partition coefficient (Wildman–Crippen LogP) is 1.90. The van der Waals surface area contributed by atoms with E-state index in [1.165, 1.54) is 4.90 Å². The van der Waals surface area contributed by atoms with Gasteiger partial charge < -0.3 is 15.0 Å². The molecule has 0 radical (unpaired) electrons. The molecule has 2 aromatic heterocycles. The fourth-order valence-electron chi connectivity index (χ4n) is 3.62. The van der Waals surface area contributed by atoms with Gasteiger partial charge in [0, 0.05) is 28.4 Å². The number of pyridine rings is 2. The molecule has 3 aromatic rings. The van der Waals surface area contributed by atoms with Crippen molar-refractivity contribution in [2.45, 2.75) is 6.92 Å². The normalized spacial score (nSPS) is 14.8. The van der Waals surface area contributed by atoms with Crippen LogP contribution in [0.5, 0.6) is 0 Å². The molecule has 1 aliphatic rings. The zero-order valence-corrected chi connectivity index (χ0v) is 17.1. The van der Waals surface area contributed by atoms with Crippen molar-refractivity contribution in [3.8, 4) is 11.3 Å². The number of halogens is 1. The van der Waals surface area contributed by atoms with E-state index in [-0.39, 0.29) is 5.91 Å². The molecular formula is C22H24ClN4O2+. The van der Waals surface area contributed by atoms with E-state index in [2.05, 4.69) is 10.3 Å². The lowest BCUT2D eigenvalue weighted by Gasteiger charge is -2.23. The van der Waals surface area contributed by atoms with Crippen LogP contribution in [0.3, 0.4) is 0 Å². The Bertz CT molecular complexity index is 1020. The Hall–Kier alpha value is -2.54. The summed E-state index contributed by atoms with van der Waals surface area (Å²) >= 11 is 6.32. The molecule has 1 saturated heterocycles. The second-order valence-corrected chi connectivity index (χ2v) is 7.63. The minimum atomic E-state index is -0.0953. The van der Waals surface area contributed by atoms with Crippen LogP contribution in [0.25, 0.3) is 22.2 Å². The highest BCUT2D eigenvalue weighted by atomic mass is 35.5. The van der Waals surface area contributed by atoms with E-state index in [1.807, 2.05) is 37.3 Å². The summed E-state index contributed by atoms with van der Waals surface area (Å²) in [5, 5.41) is 4.52. The molecule has 3 heterocycles. The molecule has 0 saturated carbocycles. The Morgan fingerprint density at radius 2 is 1.97 bits per heavy atom. The summed E-state index contributed by atoms with van der Waals surface area (Å²) in [5.41, 5.74) is 3.86. The lowest BCUT2D eigenvalue weighted by atomic mass is 10.0. The molecule has 1 aliphatic heterocycles. The van der Waals surface area contributed by atoms with Gasteiger partial charge in [-0.3, -0.25) is 9.78 Å². The number of aryl methyl sites for hydroxylation is 1. The van der Waals surface area contributed by atoms with Gasteiger partial charge in [0.15, 0.2) is 0 Å². The van der Waals surface area contributed by atoms with E-state index in [4.69, 9.17) is 21.3 Å². The van der Waals surface area contributed by atoms with Crippen molar-refractivity contribution in [1.29, 1.82) is 0 Å². The fourth-order valence-corrected chi connectivity index (χ4v) is 3.77. The number of morpholine rings is 1. The molecular weight excluding hydrogens is 388 g/mol. The molecule has 1 fully saturated rings. The summed E-state index contributed by atoms with van der Waals surface area (Å²) in [5.74, 6) is -0.0953. The molecule has 150 valence electrons. The van der Waals surface area contributed by atoms with Crippen LogP contribution in [-0.2, 0) is 4.74 Å². The minimum Gasteiger partial charge on any atom is -0.370 e. The van der Waals surface area contributed by atoms with Gasteiger partial charge in [0.2, 0.25) is 0 Å². The Morgan fingerprint density at radius 1 is 1.21 bits per heavy atom. The highest BCUT2D eigenvalue weighted by Gasteiger charge is 2.18. The Kier molecular flexibility index (Phi) is 6.04. The third kappa shape index (κ3) is 4.40. The Morgan fingerprint density at radius 3 is 2.72 bits per heavy atom. The largest absolute Gasteiger partial charge is 0.370 e. The number of nitrogens with zero attached hydrogens (tertiary/aromatic N) is 2. The van der Waals surface area contributed by atoms with Gasteiger partial charge in [-0.05, 0) is 36.8 Å². The maximum absolute atomic E-state index is 13.1. The smallest absolute Gasteiger partial charge is 0.252 e. The van der Waals surface area contributed by atoms with E-state index in [9.17, 15) is 4.79 Å². The number of quaternary nitrogens is 1. The first kappa shape index (κ1) is 19.8. The quantitative estimate of drug-likeness (QED) is 0.673. The van der Waals surface area contributed by atoms with Crippen LogP contribution in [0.15, 0.2) is 42.7 Å². The summed E-state index contributed by atoms with van der Waals surface area (Å²) in [4.78, 5) is 23.4. The molecule has 0 atom stereocenters. The van der Waals surface area contributed by atoms with Crippen LogP contribution in [0, 0.1) is 6.92 Å². The van der Waals surface area contributed by atoms with Gasteiger partial charge >= 0.3 is 0 Å². The molecule has 6 nitrogen and oxygen atoms in total. The summed E-state index contributed by atoms with van der Waals surface area (Å²) in [7, 11) is 0. The number of fused-ring (bicyclic) bond motifs is 1. The Balaban J connectivity index is 1.64. The van der Waals surface area contributed by atoms with Gasteiger partial charge in [-0.25, -0.2) is 4.98 Å². The fraction of sp³-hybridized carbons (Fsp3) is 0.318. The zero-order chi connectivity index (χ0) is 20.2.